The maximum Gasteiger partial charge on any atom is 0.141 e. The van der Waals surface area contributed by atoms with Crippen LogP contribution in [0.1, 0.15) is 23.8 Å². The molecular formula is C21H22Cl2N4S. The SMILES string of the molecule is CC1CCc2c(sc3ncnc(N4CCN(c5ccc(Cl)c(Cl)c5)CC4)c23)C1. The highest BCUT2D eigenvalue weighted by atomic mass is 35.5. The molecule has 0 saturated carbocycles. The minimum atomic E-state index is 0.601. The molecule has 7 heteroatoms. The smallest absolute Gasteiger partial charge is 0.141 e. The number of piperazine rings is 1. The lowest BCUT2D eigenvalue weighted by Gasteiger charge is -2.37. The third kappa shape index (κ3) is 3.23. The van der Waals surface area contributed by atoms with Crippen LogP contribution in [0.5, 0.6) is 0 Å². The summed E-state index contributed by atoms with van der Waals surface area (Å²) in [4.78, 5) is 16.8. The molecule has 0 N–H and O–H groups in total. The molecule has 1 aromatic carbocycles. The molecule has 146 valence electrons. The van der Waals surface area contributed by atoms with E-state index in [1.807, 2.05) is 29.5 Å². The Bertz CT molecular complexity index is 1030. The van der Waals surface area contributed by atoms with Gasteiger partial charge in [0.05, 0.1) is 15.4 Å². The fraction of sp³-hybridized carbons (Fsp3) is 0.429. The number of aromatic nitrogens is 2. The lowest BCUT2D eigenvalue weighted by molar-refractivity contribution is 0.509. The minimum Gasteiger partial charge on any atom is -0.368 e. The molecule has 0 bridgehead atoms. The summed E-state index contributed by atoms with van der Waals surface area (Å²) in [6.45, 7) is 6.10. The van der Waals surface area contributed by atoms with Crippen LogP contribution in [-0.4, -0.2) is 36.1 Å². The first-order valence-corrected chi connectivity index (χ1v) is 11.4. The topological polar surface area (TPSA) is 32.3 Å². The summed E-state index contributed by atoms with van der Waals surface area (Å²) in [5, 5.41) is 2.51. The van der Waals surface area contributed by atoms with Crippen molar-refractivity contribution >= 4 is 56.3 Å². The van der Waals surface area contributed by atoms with Crippen LogP contribution in [0.2, 0.25) is 10.0 Å². The van der Waals surface area contributed by atoms with Crippen LogP contribution in [0, 0.1) is 5.92 Å². The van der Waals surface area contributed by atoms with Gasteiger partial charge < -0.3 is 9.80 Å². The summed E-state index contributed by atoms with van der Waals surface area (Å²) in [6, 6.07) is 5.88. The zero-order chi connectivity index (χ0) is 19.3. The normalized spacial score (nSPS) is 19.9. The van der Waals surface area contributed by atoms with Gasteiger partial charge in [0.25, 0.3) is 0 Å². The molecule has 0 amide bonds. The Kier molecular flexibility index (Phi) is 4.85. The van der Waals surface area contributed by atoms with Gasteiger partial charge in [-0.05, 0) is 48.9 Å². The number of rotatable bonds is 2. The second kappa shape index (κ2) is 7.36. The highest BCUT2D eigenvalue weighted by molar-refractivity contribution is 7.19. The van der Waals surface area contributed by atoms with Crippen LogP contribution in [0.25, 0.3) is 10.2 Å². The number of fused-ring (bicyclic) bond motifs is 3. The Labute approximate surface area is 179 Å². The number of thiophene rings is 1. The van der Waals surface area contributed by atoms with Crippen molar-refractivity contribution in [1.82, 2.24) is 9.97 Å². The second-order valence-corrected chi connectivity index (χ2v) is 9.70. The predicted molar refractivity (Wildman–Crippen MR) is 119 cm³/mol. The van der Waals surface area contributed by atoms with Crippen LogP contribution in [0.15, 0.2) is 24.5 Å². The van der Waals surface area contributed by atoms with Gasteiger partial charge in [0.2, 0.25) is 0 Å². The number of hydrogen-bond acceptors (Lipinski definition) is 5. The monoisotopic (exact) mass is 432 g/mol. The Hall–Kier alpha value is -1.56. The molecule has 1 unspecified atom stereocenters. The standard InChI is InChI=1S/C21H22Cl2N4S/c1-13-2-4-15-18(10-13)28-21-19(15)20(24-12-25-21)27-8-6-26(7-9-27)14-3-5-16(22)17(23)11-14/h3,5,11-13H,2,4,6-10H2,1H3. The first-order chi connectivity index (χ1) is 13.6. The van der Waals surface area contributed by atoms with Gasteiger partial charge >= 0.3 is 0 Å². The first kappa shape index (κ1) is 18.5. The number of benzene rings is 1. The fourth-order valence-corrected chi connectivity index (χ4v) is 5.99. The van der Waals surface area contributed by atoms with E-state index in [-0.39, 0.29) is 0 Å². The van der Waals surface area contributed by atoms with Crippen LogP contribution >= 0.6 is 34.5 Å². The highest BCUT2D eigenvalue weighted by Gasteiger charge is 2.26. The quantitative estimate of drug-likeness (QED) is 0.538. The fourth-order valence-electron chi connectivity index (χ4n) is 4.36. The van der Waals surface area contributed by atoms with Gasteiger partial charge in [0, 0.05) is 36.7 Å². The van der Waals surface area contributed by atoms with Crippen molar-refractivity contribution in [1.29, 1.82) is 0 Å². The average Bonchev–Trinajstić information content (AvgIpc) is 3.07. The molecular weight excluding hydrogens is 411 g/mol. The van der Waals surface area contributed by atoms with Crippen molar-refractivity contribution in [2.45, 2.75) is 26.2 Å². The third-order valence-corrected chi connectivity index (χ3v) is 7.82. The van der Waals surface area contributed by atoms with Crippen molar-refractivity contribution in [2.75, 3.05) is 36.0 Å². The average molecular weight is 433 g/mol. The van der Waals surface area contributed by atoms with E-state index in [9.17, 15) is 0 Å². The van der Waals surface area contributed by atoms with Crippen molar-refractivity contribution in [2.24, 2.45) is 5.92 Å². The van der Waals surface area contributed by atoms with Gasteiger partial charge in [-0.2, -0.15) is 0 Å². The lowest BCUT2D eigenvalue weighted by Crippen LogP contribution is -2.47. The molecule has 3 aromatic rings. The maximum absolute atomic E-state index is 6.20. The van der Waals surface area contributed by atoms with E-state index in [0.29, 0.717) is 10.0 Å². The van der Waals surface area contributed by atoms with Gasteiger partial charge in [0.1, 0.15) is 17.0 Å². The number of halogens is 2. The number of aryl methyl sites for hydroxylation is 1. The molecule has 1 atom stereocenters. The van der Waals surface area contributed by atoms with Crippen molar-refractivity contribution in [3.05, 3.63) is 45.0 Å². The van der Waals surface area contributed by atoms with Crippen LogP contribution in [0.3, 0.4) is 0 Å². The molecule has 2 aliphatic rings. The van der Waals surface area contributed by atoms with Gasteiger partial charge in [0.15, 0.2) is 0 Å². The number of hydrogen-bond donors (Lipinski definition) is 0. The number of nitrogens with zero attached hydrogens (tertiary/aromatic N) is 4. The second-order valence-electron chi connectivity index (χ2n) is 7.80. The first-order valence-electron chi connectivity index (χ1n) is 9.80. The lowest BCUT2D eigenvalue weighted by atomic mass is 9.89. The van der Waals surface area contributed by atoms with Crippen molar-refractivity contribution < 1.29 is 0 Å². The molecule has 4 nitrogen and oxygen atoms in total. The summed E-state index contributed by atoms with van der Waals surface area (Å²) in [7, 11) is 0. The van der Waals surface area contributed by atoms with E-state index in [4.69, 9.17) is 28.2 Å². The van der Waals surface area contributed by atoms with Gasteiger partial charge in [-0.15, -0.1) is 11.3 Å². The van der Waals surface area contributed by atoms with E-state index in [2.05, 4.69) is 21.7 Å². The van der Waals surface area contributed by atoms with Crippen molar-refractivity contribution in [3.63, 3.8) is 0 Å². The van der Waals surface area contributed by atoms with E-state index >= 15 is 0 Å². The molecule has 5 rings (SSSR count). The molecule has 0 spiro atoms. The summed E-state index contributed by atoms with van der Waals surface area (Å²) in [5.74, 6) is 1.89. The molecule has 2 aromatic heterocycles. The molecule has 0 radical (unpaired) electrons. The molecule has 1 fully saturated rings. The summed E-state index contributed by atoms with van der Waals surface area (Å²) < 4.78 is 0. The third-order valence-electron chi connectivity index (χ3n) is 5.92. The maximum atomic E-state index is 6.20. The Morgan fingerprint density at radius 3 is 2.61 bits per heavy atom. The number of anilines is 2. The highest BCUT2D eigenvalue weighted by Crippen LogP contribution is 2.40. The molecule has 1 aliphatic carbocycles. The van der Waals surface area contributed by atoms with E-state index in [1.54, 1.807) is 6.33 Å². The van der Waals surface area contributed by atoms with Gasteiger partial charge in [-0.1, -0.05) is 30.1 Å². The molecule has 28 heavy (non-hydrogen) atoms. The minimum absolute atomic E-state index is 0.601. The molecule has 1 aliphatic heterocycles. The molecule has 1 saturated heterocycles. The Balaban J connectivity index is 1.41. The van der Waals surface area contributed by atoms with Crippen LogP contribution < -0.4 is 9.80 Å². The zero-order valence-corrected chi connectivity index (χ0v) is 18.1. The summed E-state index contributed by atoms with van der Waals surface area (Å²) >= 11 is 14.1. The van der Waals surface area contributed by atoms with Gasteiger partial charge in [-0.25, -0.2) is 9.97 Å². The Morgan fingerprint density at radius 2 is 1.82 bits per heavy atom. The summed E-state index contributed by atoms with van der Waals surface area (Å²) in [5.41, 5.74) is 2.63. The van der Waals surface area contributed by atoms with Crippen molar-refractivity contribution in [3.8, 4) is 0 Å². The van der Waals surface area contributed by atoms with Crippen LogP contribution in [0.4, 0.5) is 11.5 Å². The van der Waals surface area contributed by atoms with Gasteiger partial charge in [-0.3, -0.25) is 0 Å². The predicted octanol–water partition coefficient (Wildman–Crippen LogP) is 5.45. The van der Waals surface area contributed by atoms with E-state index in [0.717, 1.165) is 54.9 Å². The summed E-state index contributed by atoms with van der Waals surface area (Å²) in [6.07, 6.45) is 5.33. The largest absolute Gasteiger partial charge is 0.368 e. The van der Waals surface area contributed by atoms with E-state index in [1.165, 1.54) is 28.7 Å². The molecule has 3 heterocycles. The zero-order valence-electron chi connectivity index (χ0n) is 15.8. The van der Waals surface area contributed by atoms with E-state index < -0.39 is 0 Å². The Morgan fingerprint density at radius 1 is 1.04 bits per heavy atom. The van der Waals surface area contributed by atoms with Crippen LogP contribution in [-0.2, 0) is 12.8 Å².